The normalized spacial score (nSPS) is 19.4. The average Bonchev–Trinajstić information content (AvgIpc) is 3.38. The first-order valence-corrected chi connectivity index (χ1v) is 12.1. The lowest BCUT2D eigenvalue weighted by atomic mass is 10.0. The van der Waals surface area contributed by atoms with Crippen LogP contribution in [0.15, 0.2) is 41.4 Å². The summed E-state index contributed by atoms with van der Waals surface area (Å²) in [5.41, 5.74) is 1.76. The molecule has 2 aliphatic heterocycles. The minimum absolute atomic E-state index is 0.210. The Kier molecular flexibility index (Phi) is 5.10. The Balaban J connectivity index is 1.36. The molecule has 1 atom stereocenters. The van der Waals surface area contributed by atoms with Crippen LogP contribution in [0.1, 0.15) is 32.1 Å². The van der Waals surface area contributed by atoms with E-state index >= 15 is 0 Å². The minimum Gasteiger partial charge on any atom is -0.486 e. The van der Waals surface area contributed by atoms with Gasteiger partial charge in [-0.15, -0.1) is 0 Å². The van der Waals surface area contributed by atoms with Crippen LogP contribution in [-0.4, -0.2) is 53.6 Å². The summed E-state index contributed by atoms with van der Waals surface area (Å²) in [6.07, 6.45) is 3.31. The molecule has 2 aromatic heterocycles. The van der Waals surface area contributed by atoms with Gasteiger partial charge in [0.25, 0.3) is 0 Å². The summed E-state index contributed by atoms with van der Waals surface area (Å²) >= 11 is 0. The van der Waals surface area contributed by atoms with Crippen molar-refractivity contribution in [3.05, 3.63) is 42.4 Å². The number of pyridine rings is 1. The summed E-state index contributed by atoms with van der Waals surface area (Å²) in [6, 6.07) is 8.93. The summed E-state index contributed by atoms with van der Waals surface area (Å²) in [7, 11) is -3.59. The number of fused-ring (bicyclic) bond motifs is 2. The van der Waals surface area contributed by atoms with Gasteiger partial charge in [0.15, 0.2) is 17.1 Å². The molecule has 1 unspecified atom stereocenters. The van der Waals surface area contributed by atoms with Crippen LogP contribution >= 0.6 is 0 Å². The van der Waals surface area contributed by atoms with Crippen LogP contribution in [0, 0.1) is 5.92 Å². The van der Waals surface area contributed by atoms with Crippen molar-refractivity contribution >= 4 is 21.2 Å². The molecule has 0 N–H and O–H groups in total. The molecule has 9 heteroatoms. The molecule has 31 heavy (non-hydrogen) atoms. The molecule has 1 saturated heterocycles. The number of nitrogens with zero attached hydrogens (tertiary/aromatic N) is 4. The van der Waals surface area contributed by atoms with Crippen LogP contribution in [0.4, 0.5) is 0 Å². The van der Waals surface area contributed by atoms with E-state index in [0.29, 0.717) is 37.8 Å². The van der Waals surface area contributed by atoms with E-state index in [0.717, 1.165) is 29.8 Å². The number of imidazole rings is 1. The maximum Gasteiger partial charge on any atom is 0.243 e. The van der Waals surface area contributed by atoms with E-state index in [1.807, 2.05) is 12.1 Å². The SMILES string of the molecule is CC(C)n1c(CC2CCN(S(=O)(=O)c3ccc4c(c3)OCCO4)C2)nc2cccnc21. The monoisotopic (exact) mass is 442 g/mol. The van der Waals surface area contributed by atoms with Gasteiger partial charge in [-0.3, -0.25) is 0 Å². The smallest absolute Gasteiger partial charge is 0.243 e. The number of rotatable bonds is 5. The zero-order valence-electron chi connectivity index (χ0n) is 17.7. The quantitative estimate of drug-likeness (QED) is 0.604. The van der Waals surface area contributed by atoms with Gasteiger partial charge in [0.05, 0.1) is 4.90 Å². The van der Waals surface area contributed by atoms with Crippen LogP contribution < -0.4 is 9.47 Å². The molecule has 0 spiro atoms. The van der Waals surface area contributed by atoms with Crippen molar-refractivity contribution in [3.63, 3.8) is 0 Å². The van der Waals surface area contributed by atoms with Crippen molar-refractivity contribution in [1.29, 1.82) is 0 Å². The minimum atomic E-state index is -3.59. The molecule has 1 aromatic carbocycles. The number of benzene rings is 1. The molecule has 2 aliphatic rings. The molecule has 0 aliphatic carbocycles. The van der Waals surface area contributed by atoms with Gasteiger partial charge in [-0.25, -0.2) is 18.4 Å². The Morgan fingerprint density at radius 1 is 1.16 bits per heavy atom. The number of ether oxygens (including phenoxy) is 2. The lowest BCUT2D eigenvalue weighted by Crippen LogP contribution is -2.29. The maximum atomic E-state index is 13.2. The molecule has 0 bridgehead atoms. The second kappa shape index (κ2) is 7.80. The van der Waals surface area contributed by atoms with Crippen LogP contribution in [0.2, 0.25) is 0 Å². The summed E-state index contributed by atoms with van der Waals surface area (Å²) < 4.78 is 41.3. The number of aromatic nitrogens is 3. The van der Waals surface area contributed by atoms with Gasteiger partial charge in [0.2, 0.25) is 10.0 Å². The molecule has 164 valence electrons. The van der Waals surface area contributed by atoms with E-state index in [-0.39, 0.29) is 16.9 Å². The first kappa shape index (κ1) is 20.3. The Hall–Kier alpha value is -2.65. The Morgan fingerprint density at radius 3 is 2.77 bits per heavy atom. The molecular weight excluding hydrogens is 416 g/mol. The van der Waals surface area contributed by atoms with Crippen LogP contribution in [0.25, 0.3) is 11.2 Å². The second-order valence-corrected chi connectivity index (χ2v) is 10.3. The topological polar surface area (TPSA) is 86.6 Å². The first-order chi connectivity index (χ1) is 14.9. The molecule has 0 saturated carbocycles. The van der Waals surface area contributed by atoms with Crippen LogP contribution in [-0.2, 0) is 16.4 Å². The van der Waals surface area contributed by atoms with E-state index in [4.69, 9.17) is 14.5 Å². The first-order valence-electron chi connectivity index (χ1n) is 10.6. The number of hydrogen-bond donors (Lipinski definition) is 0. The molecule has 8 nitrogen and oxygen atoms in total. The maximum absolute atomic E-state index is 13.2. The summed E-state index contributed by atoms with van der Waals surface area (Å²) in [5.74, 6) is 2.25. The molecule has 0 amide bonds. The summed E-state index contributed by atoms with van der Waals surface area (Å²) in [4.78, 5) is 9.54. The Morgan fingerprint density at radius 2 is 1.97 bits per heavy atom. The van der Waals surface area contributed by atoms with Crippen LogP contribution in [0.3, 0.4) is 0 Å². The van der Waals surface area contributed by atoms with Gasteiger partial charge < -0.3 is 14.0 Å². The van der Waals surface area contributed by atoms with Gasteiger partial charge in [0, 0.05) is 37.8 Å². The van der Waals surface area contributed by atoms with E-state index in [9.17, 15) is 8.42 Å². The van der Waals surface area contributed by atoms with E-state index in [1.54, 1.807) is 28.7 Å². The van der Waals surface area contributed by atoms with E-state index in [1.165, 1.54) is 0 Å². The predicted octanol–water partition coefficient (Wildman–Crippen LogP) is 3.04. The molecule has 5 rings (SSSR count). The van der Waals surface area contributed by atoms with E-state index < -0.39 is 10.0 Å². The van der Waals surface area contributed by atoms with Gasteiger partial charge in [0.1, 0.15) is 24.6 Å². The fraction of sp³-hybridized carbons (Fsp3) is 0.455. The Labute approximate surface area is 181 Å². The standard InChI is InChI=1S/C22H26N4O4S/c1-15(2)26-21(24-18-4-3-8-23-22(18)26)12-16-7-9-25(14-16)31(27,28)17-5-6-19-20(13-17)30-11-10-29-19/h3-6,8,13,15-16H,7,9-12,14H2,1-2H3. The summed E-state index contributed by atoms with van der Waals surface area (Å²) in [5, 5.41) is 0. The predicted molar refractivity (Wildman–Crippen MR) is 116 cm³/mol. The molecule has 3 aromatic rings. The highest BCUT2D eigenvalue weighted by atomic mass is 32.2. The summed E-state index contributed by atoms with van der Waals surface area (Å²) in [6.45, 7) is 6.11. The highest BCUT2D eigenvalue weighted by molar-refractivity contribution is 7.89. The number of hydrogen-bond acceptors (Lipinski definition) is 6. The largest absolute Gasteiger partial charge is 0.486 e. The number of sulfonamides is 1. The zero-order valence-corrected chi connectivity index (χ0v) is 18.5. The van der Waals surface area contributed by atoms with Crippen molar-refractivity contribution in [2.24, 2.45) is 5.92 Å². The average molecular weight is 443 g/mol. The third-order valence-electron chi connectivity index (χ3n) is 5.91. The zero-order chi connectivity index (χ0) is 21.6. The van der Waals surface area contributed by atoms with Crippen LogP contribution in [0.5, 0.6) is 11.5 Å². The molecule has 0 radical (unpaired) electrons. The molecular formula is C22H26N4O4S. The van der Waals surface area contributed by atoms with Crippen molar-refractivity contribution in [2.75, 3.05) is 26.3 Å². The second-order valence-electron chi connectivity index (χ2n) is 8.37. The van der Waals surface area contributed by atoms with Gasteiger partial charge >= 0.3 is 0 Å². The fourth-order valence-corrected chi connectivity index (χ4v) is 5.98. The third-order valence-corrected chi connectivity index (χ3v) is 7.77. The Bertz CT molecular complexity index is 1220. The van der Waals surface area contributed by atoms with Gasteiger partial charge in [-0.1, -0.05) is 0 Å². The van der Waals surface area contributed by atoms with Gasteiger partial charge in [-0.05, 0) is 50.5 Å². The third kappa shape index (κ3) is 3.65. The van der Waals surface area contributed by atoms with Crippen molar-refractivity contribution in [2.45, 2.75) is 37.6 Å². The highest BCUT2D eigenvalue weighted by Gasteiger charge is 2.34. The van der Waals surface area contributed by atoms with Gasteiger partial charge in [-0.2, -0.15) is 4.31 Å². The fourth-order valence-electron chi connectivity index (χ4n) is 4.44. The lowest BCUT2D eigenvalue weighted by molar-refractivity contribution is 0.171. The van der Waals surface area contributed by atoms with E-state index in [2.05, 4.69) is 23.4 Å². The van der Waals surface area contributed by atoms with Crippen molar-refractivity contribution in [3.8, 4) is 11.5 Å². The highest BCUT2D eigenvalue weighted by Crippen LogP contribution is 2.35. The lowest BCUT2D eigenvalue weighted by Gasteiger charge is -2.21. The molecule has 1 fully saturated rings. The van der Waals surface area contributed by atoms with Crippen molar-refractivity contribution in [1.82, 2.24) is 18.8 Å². The van der Waals surface area contributed by atoms with Crippen molar-refractivity contribution < 1.29 is 17.9 Å². The molecule has 4 heterocycles.